The van der Waals surface area contributed by atoms with Crippen molar-refractivity contribution in [2.75, 3.05) is 26.2 Å². The third-order valence-electron chi connectivity index (χ3n) is 4.90. The van der Waals surface area contributed by atoms with Gasteiger partial charge in [-0.2, -0.15) is 5.10 Å². The molecule has 4 nitrogen and oxygen atoms in total. The van der Waals surface area contributed by atoms with E-state index in [0.29, 0.717) is 0 Å². The Morgan fingerprint density at radius 3 is 2.38 bits per heavy atom. The number of hydrazone groups is 1. The molecule has 1 saturated heterocycles. The normalized spacial score (nSPS) is 15.8. The topological polar surface area (TPSA) is 39.1 Å². The lowest BCUT2D eigenvalue weighted by molar-refractivity contribution is 0.131. The Hall–Kier alpha value is -2.85. The van der Waals surface area contributed by atoms with E-state index in [1.807, 2.05) is 24.3 Å². The fraction of sp³-hybridized carbons (Fsp3) is 0.227. The summed E-state index contributed by atoms with van der Waals surface area (Å²) in [6, 6.07) is 22.3. The predicted molar refractivity (Wildman–Crippen MR) is 106 cm³/mol. The fourth-order valence-electron chi connectivity index (χ4n) is 3.41. The molecule has 1 heterocycles. The summed E-state index contributed by atoms with van der Waals surface area (Å²) in [7, 11) is 0. The largest absolute Gasteiger partial charge is 0.507 e. The molecule has 0 aliphatic carbocycles. The Kier molecular flexibility index (Phi) is 4.84. The van der Waals surface area contributed by atoms with Crippen molar-refractivity contribution in [2.45, 2.75) is 6.54 Å². The Morgan fingerprint density at radius 2 is 1.58 bits per heavy atom. The molecule has 1 fully saturated rings. The number of nitrogens with zero attached hydrogens (tertiary/aromatic N) is 3. The molecule has 3 aromatic rings. The molecule has 4 rings (SSSR count). The van der Waals surface area contributed by atoms with Crippen LogP contribution in [0.15, 0.2) is 71.8 Å². The zero-order valence-corrected chi connectivity index (χ0v) is 14.8. The van der Waals surface area contributed by atoms with E-state index in [1.54, 1.807) is 12.3 Å². The molecule has 0 unspecified atom stereocenters. The molecule has 0 bridgehead atoms. The van der Waals surface area contributed by atoms with Crippen LogP contribution in [0, 0.1) is 0 Å². The molecule has 0 radical (unpaired) electrons. The minimum atomic E-state index is 0.273. The number of piperazine rings is 1. The summed E-state index contributed by atoms with van der Waals surface area (Å²) in [5.41, 5.74) is 2.14. The smallest absolute Gasteiger partial charge is 0.125 e. The number of phenols is 1. The summed E-state index contributed by atoms with van der Waals surface area (Å²) < 4.78 is 0. The number of rotatable bonds is 4. The van der Waals surface area contributed by atoms with E-state index >= 15 is 0 Å². The lowest BCUT2D eigenvalue weighted by atomic mass is 10.0. The fourth-order valence-corrected chi connectivity index (χ4v) is 3.41. The van der Waals surface area contributed by atoms with Gasteiger partial charge in [0.15, 0.2) is 0 Å². The van der Waals surface area contributed by atoms with E-state index in [1.165, 1.54) is 5.56 Å². The molecule has 0 aromatic heterocycles. The summed E-state index contributed by atoms with van der Waals surface area (Å²) >= 11 is 0. The average molecular weight is 345 g/mol. The molecule has 0 atom stereocenters. The van der Waals surface area contributed by atoms with Gasteiger partial charge < -0.3 is 5.11 Å². The molecule has 0 saturated carbocycles. The van der Waals surface area contributed by atoms with Crippen molar-refractivity contribution in [1.29, 1.82) is 0 Å². The second-order valence-electron chi connectivity index (χ2n) is 6.68. The third-order valence-corrected chi connectivity index (χ3v) is 4.90. The van der Waals surface area contributed by atoms with Crippen LogP contribution in [0.4, 0.5) is 0 Å². The van der Waals surface area contributed by atoms with Crippen molar-refractivity contribution in [3.05, 3.63) is 77.9 Å². The minimum absolute atomic E-state index is 0.273. The molecule has 1 N–H and O–H groups in total. The van der Waals surface area contributed by atoms with E-state index in [0.717, 1.165) is 49.1 Å². The summed E-state index contributed by atoms with van der Waals surface area (Å²) in [5, 5.41) is 19.1. The van der Waals surface area contributed by atoms with E-state index < -0.39 is 0 Å². The van der Waals surface area contributed by atoms with Crippen LogP contribution >= 0.6 is 0 Å². The SMILES string of the molecule is Oc1ccc2ccccc2c1C=NN1CCN(Cc2ccccc2)CC1. The van der Waals surface area contributed by atoms with Gasteiger partial charge in [0, 0.05) is 38.3 Å². The van der Waals surface area contributed by atoms with E-state index in [-0.39, 0.29) is 5.75 Å². The van der Waals surface area contributed by atoms with Gasteiger partial charge in [0.1, 0.15) is 5.75 Å². The van der Waals surface area contributed by atoms with Crippen LogP contribution < -0.4 is 0 Å². The summed E-state index contributed by atoms with van der Waals surface area (Å²) in [5.74, 6) is 0.273. The maximum atomic E-state index is 10.2. The highest BCUT2D eigenvalue weighted by Crippen LogP contribution is 2.25. The number of aromatic hydroxyl groups is 1. The van der Waals surface area contributed by atoms with Crippen LogP contribution in [0.1, 0.15) is 11.1 Å². The number of fused-ring (bicyclic) bond motifs is 1. The van der Waals surface area contributed by atoms with Crippen molar-refractivity contribution in [3.63, 3.8) is 0 Å². The molecule has 3 aromatic carbocycles. The van der Waals surface area contributed by atoms with Crippen LogP contribution in [-0.4, -0.2) is 47.4 Å². The summed E-state index contributed by atoms with van der Waals surface area (Å²) in [4.78, 5) is 2.46. The van der Waals surface area contributed by atoms with Crippen LogP contribution in [-0.2, 0) is 6.54 Å². The van der Waals surface area contributed by atoms with Gasteiger partial charge >= 0.3 is 0 Å². The second-order valence-corrected chi connectivity index (χ2v) is 6.68. The van der Waals surface area contributed by atoms with Crippen LogP contribution in [0.25, 0.3) is 10.8 Å². The van der Waals surface area contributed by atoms with Gasteiger partial charge in [0.25, 0.3) is 0 Å². The molecule has 0 amide bonds. The monoisotopic (exact) mass is 345 g/mol. The van der Waals surface area contributed by atoms with Crippen molar-refractivity contribution < 1.29 is 5.11 Å². The van der Waals surface area contributed by atoms with Crippen LogP contribution in [0.2, 0.25) is 0 Å². The summed E-state index contributed by atoms with van der Waals surface area (Å²) in [6.45, 7) is 4.77. The highest BCUT2D eigenvalue weighted by Gasteiger charge is 2.15. The first-order valence-electron chi connectivity index (χ1n) is 9.05. The molecule has 0 spiro atoms. The highest BCUT2D eigenvalue weighted by atomic mass is 16.3. The molecule has 1 aliphatic rings. The first-order chi connectivity index (χ1) is 12.8. The van der Waals surface area contributed by atoms with Crippen molar-refractivity contribution >= 4 is 17.0 Å². The maximum absolute atomic E-state index is 10.2. The number of hydrogen-bond acceptors (Lipinski definition) is 4. The Morgan fingerprint density at radius 1 is 0.846 bits per heavy atom. The zero-order valence-electron chi connectivity index (χ0n) is 14.8. The third kappa shape index (κ3) is 3.70. The lowest BCUT2D eigenvalue weighted by Crippen LogP contribution is -2.43. The van der Waals surface area contributed by atoms with Gasteiger partial charge in [-0.05, 0) is 22.4 Å². The van der Waals surface area contributed by atoms with Gasteiger partial charge in [-0.15, -0.1) is 0 Å². The Bertz CT molecular complexity index is 900. The Labute approximate surface area is 154 Å². The minimum Gasteiger partial charge on any atom is -0.507 e. The maximum Gasteiger partial charge on any atom is 0.125 e. The quantitative estimate of drug-likeness (QED) is 0.733. The van der Waals surface area contributed by atoms with Gasteiger partial charge in [-0.3, -0.25) is 9.91 Å². The molecule has 4 heteroatoms. The molecular weight excluding hydrogens is 322 g/mol. The first kappa shape index (κ1) is 16.6. The molecule has 132 valence electrons. The van der Waals surface area contributed by atoms with Crippen LogP contribution in [0.3, 0.4) is 0 Å². The molecule has 26 heavy (non-hydrogen) atoms. The van der Waals surface area contributed by atoms with Crippen LogP contribution in [0.5, 0.6) is 5.75 Å². The van der Waals surface area contributed by atoms with E-state index in [4.69, 9.17) is 0 Å². The lowest BCUT2D eigenvalue weighted by Gasteiger charge is -2.33. The van der Waals surface area contributed by atoms with Crippen molar-refractivity contribution in [1.82, 2.24) is 9.91 Å². The van der Waals surface area contributed by atoms with Crippen molar-refractivity contribution in [2.24, 2.45) is 5.10 Å². The standard InChI is InChI=1S/C22H23N3O/c26-22-11-10-19-8-4-5-9-20(19)21(22)16-23-25-14-12-24(13-15-25)17-18-6-2-1-3-7-18/h1-11,16,26H,12-15,17H2. The highest BCUT2D eigenvalue weighted by molar-refractivity contribution is 6.02. The number of hydrogen-bond donors (Lipinski definition) is 1. The number of benzene rings is 3. The van der Waals surface area contributed by atoms with E-state index in [2.05, 4.69) is 51.4 Å². The second kappa shape index (κ2) is 7.58. The van der Waals surface area contributed by atoms with Gasteiger partial charge in [-0.25, -0.2) is 0 Å². The average Bonchev–Trinajstić information content (AvgIpc) is 2.69. The Balaban J connectivity index is 1.41. The summed E-state index contributed by atoms with van der Waals surface area (Å²) in [6.07, 6.45) is 1.80. The zero-order chi connectivity index (χ0) is 17.8. The molecular formula is C22H23N3O. The van der Waals surface area contributed by atoms with Gasteiger partial charge in [0.2, 0.25) is 0 Å². The number of phenolic OH excluding ortho intramolecular Hbond substituents is 1. The van der Waals surface area contributed by atoms with E-state index in [9.17, 15) is 5.11 Å². The van der Waals surface area contributed by atoms with Gasteiger partial charge in [-0.1, -0.05) is 60.7 Å². The van der Waals surface area contributed by atoms with Gasteiger partial charge in [0.05, 0.1) is 6.21 Å². The van der Waals surface area contributed by atoms with Crippen molar-refractivity contribution in [3.8, 4) is 5.75 Å². The predicted octanol–water partition coefficient (Wildman–Crippen LogP) is 3.70. The first-order valence-corrected chi connectivity index (χ1v) is 9.05. The molecule has 1 aliphatic heterocycles.